The predicted molar refractivity (Wildman–Crippen MR) is 91.7 cm³/mol. The number of pyridine rings is 1. The SMILES string of the molecule is Clc1ccc(-c2cc(CSc3ncc4ccccn34)on2)cc1. The average molecular weight is 342 g/mol. The van der Waals surface area contributed by atoms with Gasteiger partial charge in [-0.15, -0.1) is 0 Å². The molecular weight excluding hydrogens is 330 g/mol. The van der Waals surface area contributed by atoms with Crippen molar-refractivity contribution in [2.45, 2.75) is 10.9 Å². The summed E-state index contributed by atoms with van der Waals surface area (Å²) in [5.41, 5.74) is 2.88. The van der Waals surface area contributed by atoms with Gasteiger partial charge in [0.15, 0.2) is 5.16 Å². The third kappa shape index (κ3) is 2.98. The fourth-order valence-electron chi connectivity index (χ4n) is 2.30. The molecule has 1 aromatic carbocycles. The second-order valence-corrected chi connectivity index (χ2v) is 6.39. The molecule has 0 radical (unpaired) electrons. The van der Waals surface area contributed by atoms with Gasteiger partial charge in [-0.25, -0.2) is 4.98 Å². The van der Waals surface area contributed by atoms with Gasteiger partial charge in [0.05, 0.1) is 17.5 Å². The van der Waals surface area contributed by atoms with E-state index >= 15 is 0 Å². The van der Waals surface area contributed by atoms with Crippen LogP contribution in [0.5, 0.6) is 0 Å². The zero-order valence-electron chi connectivity index (χ0n) is 12.0. The summed E-state index contributed by atoms with van der Waals surface area (Å²) in [4.78, 5) is 4.43. The Morgan fingerprint density at radius 3 is 2.87 bits per heavy atom. The third-order valence-corrected chi connectivity index (χ3v) is 4.69. The van der Waals surface area contributed by atoms with Gasteiger partial charge >= 0.3 is 0 Å². The first-order valence-corrected chi connectivity index (χ1v) is 8.42. The van der Waals surface area contributed by atoms with Gasteiger partial charge in [0.2, 0.25) is 0 Å². The van der Waals surface area contributed by atoms with Crippen LogP contribution in [0.1, 0.15) is 5.76 Å². The quantitative estimate of drug-likeness (QED) is 0.493. The standard InChI is InChI=1S/C17H12ClN3OS/c18-13-6-4-12(5-7-13)16-9-15(22-20-16)11-23-17-19-10-14-3-1-2-8-21(14)17/h1-10H,11H2. The molecule has 3 heterocycles. The van der Waals surface area contributed by atoms with E-state index in [1.54, 1.807) is 11.8 Å². The number of hydrogen-bond acceptors (Lipinski definition) is 4. The Hall–Kier alpha value is -2.24. The molecule has 0 saturated heterocycles. The molecule has 4 rings (SSSR count). The molecule has 4 nitrogen and oxygen atoms in total. The first-order valence-electron chi connectivity index (χ1n) is 7.06. The Bertz CT molecular complexity index is 946. The van der Waals surface area contributed by atoms with Crippen LogP contribution in [-0.4, -0.2) is 14.5 Å². The average Bonchev–Trinajstić information content (AvgIpc) is 3.20. The molecule has 6 heteroatoms. The number of imidazole rings is 1. The van der Waals surface area contributed by atoms with Crippen molar-refractivity contribution in [2.75, 3.05) is 0 Å². The highest BCUT2D eigenvalue weighted by molar-refractivity contribution is 7.98. The minimum absolute atomic E-state index is 0.675. The topological polar surface area (TPSA) is 43.3 Å². The Kier molecular flexibility index (Phi) is 3.81. The molecule has 0 amide bonds. The molecule has 0 saturated carbocycles. The zero-order chi connectivity index (χ0) is 15.6. The van der Waals surface area contributed by atoms with Crippen LogP contribution >= 0.6 is 23.4 Å². The zero-order valence-corrected chi connectivity index (χ0v) is 13.6. The van der Waals surface area contributed by atoms with Gasteiger partial charge in [-0.1, -0.05) is 46.7 Å². The van der Waals surface area contributed by atoms with E-state index in [2.05, 4.69) is 14.5 Å². The molecule has 4 aromatic rings. The van der Waals surface area contributed by atoms with Crippen LogP contribution in [-0.2, 0) is 5.75 Å². The van der Waals surface area contributed by atoms with Gasteiger partial charge in [-0.2, -0.15) is 0 Å². The minimum Gasteiger partial charge on any atom is -0.360 e. The van der Waals surface area contributed by atoms with Crippen LogP contribution in [0.3, 0.4) is 0 Å². The van der Waals surface area contributed by atoms with E-state index < -0.39 is 0 Å². The molecule has 0 N–H and O–H groups in total. The monoisotopic (exact) mass is 341 g/mol. The summed E-state index contributed by atoms with van der Waals surface area (Å²) in [5.74, 6) is 1.49. The second kappa shape index (κ2) is 6.10. The summed E-state index contributed by atoms with van der Waals surface area (Å²) < 4.78 is 7.48. The lowest BCUT2D eigenvalue weighted by atomic mass is 10.1. The summed E-state index contributed by atoms with van der Waals surface area (Å²) in [7, 11) is 0. The molecule has 0 fully saturated rings. The van der Waals surface area contributed by atoms with Crippen molar-refractivity contribution in [1.29, 1.82) is 0 Å². The first kappa shape index (κ1) is 14.4. The van der Waals surface area contributed by atoms with Crippen molar-refractivity contribution >= 4 is 28.9 Å². The highest BCUT2D eigenvalue weighted by Crippen LogP contribution is 2.26. The van der Waals surface area contributed by atoms with Gasteiger partial charge in [-0.05, 0) is 24.3 Å². The van der Waals surface area contributed by atoms with E-state index in [4.69, 9.17) is 16.1 Å². The fraction of sp³-hybridized carbons (Fsp3) is 0.0588. The lowest BCUT2D eigenvalue weighted by Crippen LogP contribution is -1.86. The Morgan fingerprint density at radius 2 is 2.00 bits per heavy atom. The molecule has 0 aliphatic rings. The van der Waals surface area contributed by atoms with Crippen molar-refractivity contribution < 1.29 is 4.52 Å². The van der Waals surface area contributed by atoms with Crippen LogP contribution in [0.15, 0.2) is 70.6 Å². The van der Waals surface area contributed by atoms with E-state index in [0.717, 1.165) is 27.7 Å². The van der Waals surface area contributed by atoms with Crippen LogP contribution in [0.25, 0.3) is 16.8 Å². The number of rotatable bonds is 4. The number of aromatic nitrogens is 3. The number of benzene rings is 1. The number of halogens is 1. The molecule has 114 valence electrons. The molecule has 0 aliphatic heterocycles. The van der Waals surface area contributed by atoms with Crippen molar-refractivity contribution in [1.82, 2.24) is 14.5 Å². The van der Waals surface area contributed by atoms with E-state index in [9.17, 15) is 0 Å². The van der Waals surface area contributed by atoms with E-state index in [1.807, 2.05) is 60.9 Å². The van der Waals surface area contributed by atoms with Crippen molar-refractivity contribution in [3.8, 4) is 11.3 Å². The summed E-state index contributed by atoms with van der Waals surface area (Å²) in [6, 6.07) is 15.5. The second-order valence-electron chi connectivity index (χ2n) is 5.01. The predicted octanol–water partition coefficient (Wildman–Crippen LogP) is 4.94. The summed E-state index contributed by atoms with van der Waals surface area (Å²) >= 11 is 7.52. The van der Waals surface area contributed by atoms with Crippen LogP contribution in [0.4, 0.5) is 0 Å². The van der Waals surface area contributed by atoms with Crippen molar-refractivity contribution in [3.63, 3.8) is 0 Å². The Labute approximate surface area is 142 Å². The molecule has 0 aliphatic carbocycles. The summed E-state index contributed by atoms with van der Waals surface area (Å²) in [5, 5.41) is 5.76. The summed E-state index contributed by atoms with van der Waals surface area (Å²) in [6.45, 7) is 0. The molecule has 0 bridgehead atoms. The fourth-order valence-corrected chi connectivity index (χ4v) is 3.27. The molecule has 0 unspecified atom stereocenters. The first-order chi connectivity index (χ1) is 11.3. The Balaban J connectivity index is 1.51. The van der Waals surface area contributed by atoms with Gasteiger partial charge in [0.25, 0.3) is 0 Å². The molecular formula is C17H12ClN3OS. The lowest BCUT2D eigenvalue weighted by Gasteiger charge is -1.98. The van der Waals surface area contributed by atoms with Gasteiger partial charge in [0.1, 0.15) is 11.5 Å². The van der Waals surface area contributed by atoms with Crippen molar-refractivity contribution in [2.24, 2.45) is 0 Å². The molecule has 23 heavy (non-hydrogen) atoms. The van der Waals surface area contributed by atoms with Crippen LogP contribution in [0.2, 0.25) is 5.02 Å². The number of hydrogen-bond donors (Lipinski definition) is 0. The summed E-state index contributed by atoms with van der Waals surface area (Å²) in [6.07, 6.45) is 3.87. The normalized spacial score (nSPS) is 11.2. The maximum Gasteiger partial charge on any atom is 0.173 e. The van der Waals surface area contributed by atoms with Gasteiger partial charge in [-0.3, -0.25) is 4.40 Å². The van der Waals surface area contributed by atoms with E-state index in [1.165, 1.54) is 0 Å². The number of thioether (sulfide) groups is 1. The number of nitrogens with zero attached hydrogens (tertiary/aromatic N) is 3. The molecule has 3 aromatic heterocycles. The maximum atomic E-state index is 5.90. The Morgan fingerprint density at radius 1 is 1.13 bits per heavy atom. The smallest absolute Gasteiger partial charge is 0.173 e. The van der Waals surface area contributed by atoms with Gasteiger partial charge in [0, 0.05) is 22.8 Å². The highest BCUT2D eigenvalue weighted by Gasteiger charge is 2.09. The maximum absolute atomic E-state index is 5.90. The van der Waals surface area contributed by atoms with Gasteiger partial charge < -0.3 is 4.52 Å². The minimum atomic E-state index is 0.675. The molecule has 0 atom stereocenters. The van der Waals surface area contributed by atoms with Crippen LogP contribution < -0.4 is 0 Å². The van der Waals surface area contributed by atoms with E-state index in [0.29, 0.717) is 10.8 Å². The largest absolute Gasteiger partial charge is 0.360 e. The highest BCUT2D eigenvalue weighted by atomic mass is 35.5. The number of fused-ring (bicyclic) bond motifs is 1. The third-order valence-electron chi connectivity index (χ3n) is 3.45. The molecule has 0 spiro atoms. The van der Waals surface area contributed by atoms with Crippen molar-refractivity contribution in [3.05, 3.63) is 71.7 Å². The lowest BCUT2D eigenvalue weighted by molar-refractivity contribution is 0.397. The van der Waals surface area contributed by atoms with E-state index in [-0.39, 0.29) is 0 Å². The van der Waals surface area contributed by atoms with Crippen LogP contribution in [0, 0.1) is 0 Å².